The van der Waals surface area contributed by atoms with E-state index in [1.54, 1.807) is 13.2 Å². The van der Waals surface area contributed by atoms with Crippen molar-refractivity contribution >= 4 is 17.3 Å². The average Bonchev–Trinajstić information content (AvgIpc) is 3.18. The molecule has 2 heterocycles. The Bertz CT molecular complexity index is 746. The Labute approximate surface area is 154 Å². The molecule has 0 unspecified atom stereocenters. The lowest BCUT2D eigenvalue weighted by Crippen LogP contribution is -2.37. The van der Waals surface area contributed by atoms with Gasteiger partial charge in [-0.2, -0.15) is 13.2 Å². The van der Waals surface area contributed by atoms with E-state index in [2.05, 4.69) is 25.6 Å². The molecule has 0 atom stereocenters. The fourth-order valence-corrected chi connectivity index (χ4v) is 2.77. The van der Waals surface area contributed by atoms with Gasteiger partial charge in [-0.15, -0.1) is 11.3 Å². The van der Waals surface area contributed by atoms with Gasteiger partial charge in [0, 0.05) is 30.8 Å². The van der Waals surface area contributed by atoms with Crippen molar-refractivity contribution in [3.8, 4) is 0 Å². The molecule has 0 radical (unpaired) electrons. The number of aromatic nitrogens is 2. The number of nitrogens with one attached hydrogen (secondary N) is 2. The van der Waals surface area contributed by atoms with Gasteiger partial charge in [0.25, 0.3) is 0 Å². The van der Waals surface area contributed by atoms with Crippen LogP contribution in [-0.2, 0) is 24.6 Å². The van der Waals surface area contributed by atoms with E-state index in [4.69, 9.17) is 4.42 Å². The summed E-state index contributed by atoms with van der Waals surface area (Å²) >= 11 is 0.995. The Morgan fingerprint density at radius 3 is 2.54 bits per heavy atom. The summed E-state index contributed by atoms with van der Waals surface area (Å²) in [5.41, 5.74) is -0.965. The molecule has 0 spiro atoms. The molecule has 0 bridgehead atoms. The SMILES string of the molecule is CN=C(NCCc1nc(C(F)(F)F)cs1)NCc1ncc(C(C)(C)C)o1. The van der Waals surface area contributed by atoms with Gasteiger partial charge >= 0.3 is 6.18 Å². The van der Waals surface area contributed by atoms with Crippen LogP contribution < -0.4 is 10.6 Å². The third kappa shape index (κ3) is 5.72. The van der Waals surface area contributed by atoms with Gasteiger partial charge in [-0.25, -0.2) is 9.97 Å². The van der Waals surface area contributed by atoms with Gasteiger partial charge in [0.15, 0.2) is 11.7 Å². The molecule has 0 saturated carbocycles. The van der Waals surface area contributed by atoms with E-state index in [0.29, 0.717) is 36.4 Å². The van der Waals surface area contributed by atoms with Crippen LogP contribution in [0.5, 0.6) is 0 Å². The lowest BCUT2D eigenvalue weighted by atomic mass is 9.94. The van der Waals surface area contributed by atoms with Crippen LogP contribution in [-0.4, -0.2) is 29.5 Å². The van der Waals surface area contributed by atoms with Gasteiger partial charge in [0.05, 0.1) is 17.7 Å². The topological polar surface area (TPSA) is 75.3 Å². The fourth-order valence-electron chi connectivity index (χ4n) is 1.96. The molecular weight excluding hydrogens is 367 g/mol. The van der Waals surface area contributed by atoms with Crippen molar-refractivity contribution in [3.05, 3.63) is 33.9 Å². The predicted molar refractivity (Wildman–Crippen MR) is 94.2 cm³/mol. The molecule has 0 aromatic carbocycles. The van der Waals surface area contributed by atoms with E-state index < -0.39 is 11.9 Å². The van der Waals surface area contributed by atoms with Crippen molar-refractivity contribution in [2.45, 2.75) is 45.3 Å². The van der Waals surface area contributed by atoms with Crippen molar-refractivity contribution in [2.24, 2.45) is 4.99 Å². The first kappa shape index (κ1) is 20.2. The van der Waals surface area contributed by atoms with Gasteiger partial charge in [0.2, 0.25) is 5.89 Å². The highest BCUT2D eigenvalue weighted by Gasteiger charge is 2.33. The maximum Gasteiger partial charge on any atom is 0.434 e. The molecule has 0 aliphatic rings. The Hall–Kier alpha value is -2.10. The number of thiazole rings is 1. The van der Waals surface area contributed by atoms with Crippen molar-refractivity contribution in [1.29, 1.82) is 0 Å². The van der Waals surface area contributed by atoms with E-state index in [0.717, 1.165) is 22.5 Å². The highest BCUT2D eigenvalue weighted by atomic mass is 32.1. The molecule has 2 aromatic heterocycles. The number of aliphatic imine (C=N–C) groups is 1. The summed E-state index contributed by atoms with van der Waals surface area (Å²) in [7, 11) is 1.61. The number of hydrogen-bond donors (Lipinski definition) is 2. The highest BCUT2D eigenvalue weighted by Crippen LogP contribution is 2.30. The molecule has 26 heavy (non-hydrogen) atoms. The van der Waals surface area contributed by atoms with E-state index in [9.17, 15) is 13.2 Å². The Morgan fingerprint density at radius 2 is 2.00 bits per heavy atom. The van der Waals surface area contributed by atoms with Crippen LogP contribution in [0.25, 0.3) is 0 Å². The van der Waals surface area contributed by atoms with Gasteiger partial charge in [-0.05, 0) is 0 Å². The van der Waals surface area contributed by atoms with Gasteiger partial charge in [-0.1, -0.05) is 20.8 Å². The first-order valence-electron chi connectivity index (χ1n) is 8.01. The quantitative estimate of drug-likeness (QED) is 0.606. The summed E-state index contributed by atoms with van der Waals surface area (Å²) in [6.45, 7) is 6.87. The number of nitrogens with zero attached hydrogens (tertiary/aromatic N) is 3. The van der Waals surface area contributed by atoms with Crippen molar-refractivity contribution in [1.82, 2.24) is 20.6 Å². The minimum absolute atomic E-state index is 0.117. The van der Waals surface area contributed by atoms with E-state index in [-0.39, 0.29) is 5.41 Å². The van der Waals surface area contributed by atoms with Gasteiger partial charge < -0.3 is 15.1 Å². The maximum absolute atomic E-state index is 12.5. The predicted octanol–water partition coefficient (Wildman–Crippen LogP) is 3.36. The zero-order chi connectivity index (χ0) is 19.4. The molecule has 2 rings (SSSR count). The molecule has 10 heteroatoms. The van der Waals surface area contributed by atoms with E-state index in [1.807, 2.05) is 20.8 Å². The lowest BCUT2D eigenvalue weighted by molar-refractivity contribution is -0.140. The van der Waals surface area contributed by atoms with Crippen LogP contribution in [0.15, 0.2) is 21.0 Å². The summed E-state index contributed by atoms with van der Waals surface area (Å²) in [6.07, 6.45) is -2.33. The molecule has 0 saturated heterocycles. The third-order valence-electron chi connectivity index (χ3n) is 3.40. The average molecular weight is 389 g/mol. The summed E-state index contributed by atoms with van der Waals surface area (Å²) < 4.78 is 43.3. The van der Waals surface area contributed by atoms with E-state index in [1.165, 1.54) is 0 Å². The fraction of sp³-hybridized carbons (Fsp3) is 0.562. The zero-order valence-corrected chi connectivity index (χ0v) is 15.9. The number of oxazole rings is 1. The Balaban J connectivity index is 1.79. The number of rotatable bonds is 5. The zero-order valence-electron chi connectivity index (χ0n) is 15.1. The lowest BCUT2D eigenvalue weighted by Gasteiger charge is -2.13. The molecular formula is C16H22F3N5OS. The number of halogens is 3. The summed E-state index contributed by atoms with van der Waals surface area (Å²) in [6, 6.07) is 0. The molecule has 0 aliphatic heterocycles. The second-order valence-corrected chi connectivity index (χ2v) is 7.54. The van der Waals surface area contributed by atoms with Crippen molar-refractivity contribution < 1.29 is 17.6 Å². The second kappa shape index (κ2) is 8.07. The largest absolute Gasteiger partial charge is 0.443 e. The van der Waals surface area contributed by atoms with Crippen LogP contribution in [0, 0.1) is 0 Å². The van der Waals surface area contributed by atoms with Crippen molar-refractivity contribution in [2.75, 3.05) is 13.6 Å². The van der Waals surface area contributed by atoms with Gasteiger partial charge in [0.1, 0.15) is 5.76 Å². The van der Waals surface area contributed by atoms with Crippen LogP contribution in [0.4, 0.5) is 13.2 Å². The number of guanidine groups is 1. The molecule has 6 nitrogen and oxygen atoms in total. The Kier molecular flexibility index (Phi) is 6.27. The second-order valence-electron chi connectivity index (χ2n) is 6.60. The summed E-state index contributed by atoms with van der Waals surface area (Å²) in [5.74, 6) is 1.84. The minimum atomic E-state index is -4.40. The highest BCUT2D eigenvalue weighted by molar-refractivity contribution is 7.09. The first-order valence-corrected chi connectivity index (χ1v) is 8.89. The number of hydrogen-bond acceptors (Lipinski definition) is 5. The minimum Gasteiger partial charge on any atom is -0.443 e. The van der Waals surface area contributed by atoms with Crippen LogP contribution in [0.3, 0.4) is 0 Å². The molecule has 2 aromatic rings. The molecule has 0 aliphatic carbocycles. The summed E-state index contributed by atoms with van der Waals surface area (Å²) in [4.78, 5) is 11.9. The number of alkyl halides is 3. The monoisotopic (exact) mass is 389 g/mol. The third-order valence-corrected chi connectivity index (χ3v) is 4.31. The maximum atomic E-state index is 12.5. The molecule has 0 amide bonds. The standard InChI is InChI=1S/C16H22F3N5OS/c1-15(2,3)11-7-22-12(25-11)8-23-14(20-4)21-6-5-13-24-10(9-26-13)16(17,18)19/h7,9H,5-6,8H2,1-4H3,(H2,20,21,23). The molecule has 2 N–H and O–H groups in total. The van der Waals surface area contributed by atoms with Crippen LogP contribution in [0.2, 0.25) is 0 Å². The first-order chi connectivity index (χ1) is 12.1. The Morgan fingerprint density at radius 1 is 1.27 bits per heavy atom. The molecule has 0 fully saturated rings. The van der Waals surface area contributed by atoms with Crippen LogP contribution >= 0.6 is 11.3 Å². The van der Waals surface area contributed by atoms with Crippen LogP contribution in [0.1, 0.15) is 43.1 Å². The van der Waals surface area contributed by atoms with Gasteiger partial charge in [-0.3, -0.25) is 4.99 Å². The smallest absolute Gasteiger partial charge is 0.434 e. The van der Waals surface area contributed by atoms with Crippen molar-refractivity contribution in [3.63, 3.8) is 0 Å². The summed E-state index contributed by atoms with van der Waals surface area (Å²) in [5, 5.41) is 7.52. The molecule has 144 valence electrons. The van der Waals surface area contributed by atoms with E-state index >= 15 is 0 Å². The normalized spacial score (nSPS) is 13.1.